The summed E-state index contributed by atoms with van der Waals surface area (Å²) in [6.07, 6.45) is 3.29. The average Bonchev–Trinajstić information content (AvgIpc) is 2.65. The van der Waals surface area contributed by atoms with E-state index in [-0.39, 0.29) is 0 Å². The Morgan fingerprint density at radius 1 is 1.37 bits per heavy atom. The largest absolute Gasteiger partial charge is 0.356 e. The number of nitrogens with zero attached hydrogens (tertiary/aromatic N) is 2. The second-order valence-electron chi connectivity index (χ2n) is 5.47. The summed E-state index contributed by atoms with van der Waals surface area (Å²) in [5, 5.41) is 3.44. The smallest absolute Gasteiger partial charge is 0.131 e. The predicted octanol–water partition coefficient (Wildman–Crippen LogP) is 2.83. The fourth-order valence-corrected chi connectivity index (χ4v) is 3.22. The van der Waals surface area contributed by atoms with E-state index >= 15 is 0 Å². The lowest BCUT2D eigenvalue weighted by Crippen LogP contribution is -2.27. The second kappa shape index (κ2) is 7.15. The minimum Gasteiger partial charge on any atom is -0.356 e. The molecule has 4 heteroatoms. The molecule has 0 amide bonds. The summed E-state index contributed by atoms with van der Waals surface area (Å²) >= 11 is 2.06. The van der Waals surface area contributed by atoms with E-state index in [2.05, 4.69) is 48.8 Å². The normalized spacial score (nSPS) is 16.7. The minimum absolute atomic E-state index is 0.516. The van der Waals surface area contributed by atoms with Crippen LogP contribution in [-0.2, 0) is 6.54 Å². The highest BCUT2D eigenvalue weighted by Gasteiger charge is 2.13. The quantitative estimate of drug-likeness (QED) is 0.917. The van der Waals surface area contributed by atoms with Gasteiger partial charge in [0.1, 0.15) is 5.82 Å². The first-order valence-electron chi connectivity index (χ1n) is 7.18. The Balaban J connectivity index is 2.05. The van der Waals surface area contributed by atoms with Crippen molar-refractivity contribution in [2.24, 2.45) is 0 Å². The molecule has 0 bridgehead atoms. The number of aryl methyl sites for hydroxylation is 1. The molecule has 1 saturated heterocycles. The number of rotatable bonds is 4. The van der Waals surface area contributed by atoms with E-state index in [9.17, 15) is 0 Å². The third kappa shape index (κ3) is 4.39. The Bertz CT molecular complexity index is 398. The zero-order chi connectivity index (χ0) is 13.7. The van der Waals surface area contributed by atoms with Gasteiger partial charge in [-0.05, 0) is 36.3 Å². The Hall–Kier alpha value is -0.740. The van der Waals surface area contributed by atoms with Gasteiger partial charge in [0.05, 0.1) is 0 Å². The van der Waals surface area contributed by atoms with Gasteiger partial charge in [-0.25, -0.2) is 4.98 Å². The van der Waals surface area contributed by atoms with Crippen LogP contribution in [0.1, 0.15) is 31.4 Å². The summed E-state index contributed by atoms with van der Waals surface area (Å²) < 4.78 is 0. The van der Waals surface area contributed by atoms with E-state index in [1.165, 1.54) is 34.9 Å². The maximum atomic E-state index is 4.70. The molecule has 2 rings (SSSR count). The molecule has 0 radical (unpaired) electrons. The zero-order valence-electron chi connectivity index (χ0n) is 12.3. The molecule has 106 valence electrons. The van der Waals surface area contributed by atoms with Crippen molar-refractivity contribution in [2.45, 2.75) is 39.8 Å². The van der Waals surface area contributed by atoms with Crippen LogP contribution in [0.2, 0.25) is 0 Å². The molecular formula is C15H25N3S. The van der Waals surface area contributed by atoms with Crippen LogP contribution in [-0.4, -0.2) is 35.6 Å². The number of pyridine rings is 1. The van der Waals surface area contributed by atoms with Gasteiger partial charge in [0.2, 0.25) is 0 Å². The Morgan fingerprint density at radius 3 is 2.95 bits per heavy atom. The molecule has 0 unspecified atom stereocenters. The lowest BCUT2D eigenvalue weighted by molar-refractivity contribution is 0.587. The van der Waals surface area contributed by atoms with Crippen LogP contribution in [0.15, 0.2) is 12.3 Å². The summed E-state index contributed by atoms with van der Waals surface area (Å²) in [6, 6.07) is 2.79. The Labute approximate surface area is 121 Å². The van der Waals surface area contributed by atoms with Crippen molar-refractivity contribution < 1.29 is 0 Å². The molecule has 1 N–H and O–H groups in total. The topological polar surface area (TPSA) is 28.2 Å². The van der Waals surface area contributed by atoms with E-state index in [1.807, 2.05) is 6.20 Å². The van der Waals surface area contributed by atoms with E-state index in [0.717, 1.165) is 19.6 Å². The molecule has 1 aromatic heterocycles. The monoisotopic (exact) mass is 279 g/mol. The number of thioether (sulfide) groups is 1. The minimum atomic E-state index is 0.516. The van der Waals surface area contributed by atoms with Crippen LogP contribution >= 0.6 is 11.8 Å². The van der Waals surface area contributed by atoms with Gasteiger partial charge in [0.25, 0.3) is 0 Å². The molecule has 0 atom stereocenters. The van der Waals surface area contributed by atoms with Crippen molar-refractivity contribution in [3.8, 4) is 0 Å². The number of hydrogen-bond acceptors (Lipinski definition) is 4. The first-order valence-corrected chi connectivity index (χ1v) is 8.34. The standard InChI is InChI=1S/C15H25N3S/c1-12(2)16-10-14-9-13(3)15(17-11-14)18-5-4-7-19-8-6-18/h9,11-12,16H,4-8,10H2,1-3H3. The van der Waals surface area contributed by atoms with E-state index in [0.29, 0.717) is 6.04 Å². The maximum Gasteiger partial charge on any atom is 0.131 e. The van der Waals surface area contributed by atoms with Gasteiger partial charge in [0, 0.05) is 37.6 Å². The van der Waals surface area contributed by atoms with Gasteiger partial charge in [-0.2, -0.15) is 11.8 Å². The van der Waals surface area contributed by atoms with E-state index < -0.39 is 0 Å². The third-order valence-corrected chi connectivity index (χ3v) is 4.39. The van der Waals surface area contributed by atoms with Gasteiger partial charge in [0.15, 0.2) is 0 Å². The SMILES string of the molecule is Cc1cc(CNC(C)C)cnc1N1CCCSCC1. The van der Waals surface area contributed by atoms with Crippen molar-refractivity contribution in [1.82, 2.24) is 10.3 Å². The van der Waals surface area contributed by atoms with Crippen molar-refractivity contribution in [2.75, 3.05) is 29.5 Å². The summed E-state index contributed by atoms with van der Waals surface area (Å²) in [7, 11) is 0. The van der Waals surface area contributed by atoms with Gasteiger partial charge < -0.3 is 10.2 Å². The number of nitrogens with one attached hydrogen (secondary N) is 1. The Kier molecular flexibility index (Phi) is 5.52. The summed E-state index contributed by atoms with van der Waals surface area (Å²) in [5.41, 5.74) is 2.58. The molecule has 1 fully saturated rings. The number of anilines is 1. The molecule has 0 aliphatic carbocycles. The highest BCUT2D eigenvalue weighted by molar-refractivity contribution is 7.99. The molecule has 0 aromatic carbocycles. The van der Waals surface area contributed by atoms with Crippen LogP contribution in [0.4, 0.5) is 5.82 Å². The highest BCUT2D eigenvalue weighted by Crippen LogP contribution is 2.21. The van der Waals surface area contributed by atoms with Crippen LogP contribution in [0.3, 0.4) is 0 Å². The van der Waals surface area contributed by atoms with Crippen LogP contribution < -0.4 is 10.2 Å². The molecule has 1 aliphatic heterocycles. The van der Waals surface area contributed by atoms with Gasteiger partial charge in [-0.15, -0.1) is 0 Å². The lowest BCUT2D eigenvalue weighted by Gasteiger charge is -2.23. The van der Waals surface area contributed by atoms with E-state index in [1.54, 1.807) is 0 Å². The average molecular weight is 279 g/mol. The predicted molar refractivity (Wildman–Crippen MR) is 85.1 cm³/mol. The summed E-state index contributed by atoms with van der Waals surface area (Å²) in [4.78, 5) is 7.14. The molecular weight excluding hydrogens is 254 g/mol. The molecule has 3 nitrogen and oxygen atoms in total. The van der Waals surface area contributed by atoms with Gasteiger partial charge >= 0.3 is 0 Å². The first-order chi connectivity index (χ1) is 9.16. The van der Waals surface area contributed by atoms with Crippen molar-refractivity contribution in [3.63, 3.8) is 0 Å². The van der Waals surface area contributed by atoms with Crippen molar-refractivity contribution in [3.05, 3.63) is 23.4 Å². The molecule has 0 spiro atoms. The first kappa shape index (κ1) is 14.7. The van der Waals surface area contributed by atoms with Crippen LogP contribution in [0.25, 0.3) is 0 Å². The molecule has 1 aromatic rings. The van der Waals surface area contributed by atoms with Crippen molar-refractivity contribution in [1.29, 1.82) is 0 Å². The van der Waals surface area contributed by atoms with Gasteiger partial charge in [-0.3, -0.25) is 0 Å². The highest BCUT2D eigenvalue weighted by atomic mass is 32.2. The Morgan fingerprint density at radius 2 is 2.21 bits per heavy atom. The summed E-state index contributed by atoms with van der Waals surface area (Å²) in [5.74, 6) is 3.68. The third-order valence-electron chi connectivity index (χ3n) is 3.34. The lowest BCUT2D eigenvalue weighted by atomic mass is 10.2. The maximum absolute atomic E-state index is 4.70. The number of aromatic nitrogens is 1. The second-order valence-corrected chi connectivity index (χ2v) is 6.70. The van der Waals surface area contributed by atoms with Gasteiger partial charge in [-0.1, -0.05) is 13.8 Å². The molecule has 0 saturated carbocycles. The molecule has 2 heterocycles. The molecule has 19 heavy (non-hydrogen) atoms. The van der Waals surface area contributed by atoms with Crippen LogP contribution in [0, 0.1) is 6.92 Å². The fraction of sp³-hybridized carbons (Fsp3) is 0.667. The zero-order valence-corrected chi connectivity index (χ0v) is 13.1. The number of hydrogen-bond donors (Lipinski definition) is 1. The van der Waals surface area contributed by atoms with E-state index in [4.69, 9.17) is 4.98 Å². The summed E-state index contributed by atoms with van der Waals surface area (Å²) in [6.45, 7) is 9.69. The molecule has 1 aliphatic rings. The fourth-order valence-electron chi connectivity index (χ4n) is 2.33. The van der Waals surface area contributed by atoms with Crippen LogP contribution in [0.5, 0.6) is 0 Å². The van der Waals surface area contributed by atoms with Crippen molar-refractivity contribution >= 4 is 17.6 Å².